The van der Waals surface area contributed by atoms with Crippen LogP contribution in [-0.4, -0.2) is 84.9 Å². The molecule has 0 aliphatic carbocycles. The number of fused-ring (bicyclic) bond motifs is 1. The van der Waals surface area contributed by atoms with E-state index in [-0.39, 0.29) is 29.3 Å². The summed E-state index contributed by atoms with van der Waals surface area (Å²) >= 11 is 0. The van der Waals surface area contributed by atoms with Crippen LogP contribution < -0.4 is 5.32 Å². The molecule has 9 nitrogen and oxygen atoms in total. The van der Waals surface area contributed by atoms with E-state index in [4.69, 9.17) is 9.72 Å². The van der Waals surface area contributed by atoms with Gasteiger partial charge in [0.25, 0.3) is 5.91 Å². The zero-order valence-corrected chi connectivity index (χ0v) is 20.4. The molecule has 1 aromatic carbocycles. The number of hydrogen-bond acceptors (Lipinski definition) is 7. The normalized spacial score (nSPS) is 20.3. The SMILES string of the molecule is Cc1nn(C2CCS(=O)(=O)C2)c2nc(-c3ccc(F)cc3)cc(C(=O)NCCN3CCOCC3)c12. The molecule has 2 aromatic heterocycles. The summed E-state index contributed by atoms with van der Waals surface area (Å²) in [5, 5.41) is 8.21. The van der Waals surface area contributed by atoms with E-state index in [9.17, 15) is 17.6 Å². The van der Waals surface area contributed by atoms with E-state index >= 15 is 0 Å². The van der Waals surface area contributed by atoms with Crippen molar-refractivity contribution in [2.45, 2.75) is 19.4 Å². The second-order valence-corrected chi connectivity index (χ2v) is 11.3. The fourth-order valence-corrected chi connectivity index (χ4v) is 6.42. The van der Waals surface area contributed by atoms with Crippen LogP contribution in [0.4, 0.5) is 4.39 Å². The van der Waals surface area contributed by atoms with Crippen molar-refractivity contribution in [1.29, 1.82) is 0 Å². The van der Waals surface area contributed by atoms with Crippen LogP contribution in [0.2, 0.25) is 0 Å². The highest BCUT2D eigenvalue weighted by Gasteiger charge is 2.32. The highest BCUT2D eigenvalue weighted by atomic mass is 32.2. The van der Waals surface area contributed by atoms with Crippen molar-refractivity contribution in [3.63, 3.8) is 0 Å². The second kappa shape index (κ2) is 9.63. The Kier molecular flexibility index (Phi) is 6.56. The van der Waals surface area contributed by atoms with Crippen LogP contribution in [0.1, 0.15) is 28.5 Å². The minimum absolute atomic E-state index is 0.00719. The molecule has 2 saturated heterocycles. The molecular weight excluding hydrogens is 473 g/mol. The number of aryl methyl sites for hydroxylation is 1. The molecule has 1 amide bonds. The number of pyridine rings is 1. The van der Waals surface area contributed by atoms with Gasteiger partial charge in [0.15, 0.2) is 15.5 Å². The largest absolute Gasteiger partial charge is 0.379 e. The van der Waals surface area contributed by atoms with Gasteiger partial charge in [-0.1, -0.05) is 0 Å². The first kappa shape index (κ1) is 23.8. The number of nitrogens with zero attached hydrogens (tertiary/aromatic N) is 4. The summed E-state index contributed by atoms with van der Waals surface area (Å²) in [6, 6.07) is 7.26. The third-order valence-electron chi connectivity index (χ3n) is 6.59. The summed E-state index contributed by atoms with van der Waals surface area (Å²) in [4.78, 5) is 20.4. The molecule has 5 rings (SSSR count). The lowest BCUT2D eigenvalue weighted by atomic mass is 10.0. The van der Waals surface area contributed by atoms with Gasteiger partial charge >= 0.3 is 0 Å². The number of carbonyl (C=O) groups is 1. The molecule has 186 valence electrons. The number of morpholine rings is 1. The minimum atomic E-state index is -3.14. The number of halogens is 1. The molecule has 1 atom stereocenters. The summed E-state index contributed by atoms with van der Waals surface area (Å²) in [5.41, 5.74) is 2.64. The fourth-order valence-electron chi connectivity index (χ4n) is 4.73. The number of sulfone groups is 1. The quantitative estimate of drug-likeness (QED) is 0.550. The summed E-state index contributed by atoms with van der Waals surface area (Å²) < 4.78 is 44.8. The van der Waals surface area contributed by atoms with Crippen molar-refractivity contribution in [2.75, 3.05) is 50.9 Å². The van der Waals surface area contributed by atoms with Crippen molar-refractivity contribution < 1.29 is 22.3 Å². The third-order valence-corrected chi connectivity index (χ3v) is 8.34. The average molecular weight is 502 g/mol. The molecule has 0 radical (unpaired) electrons. The number of benzene rings is 1. The Labute approximate surface area is 203 Å². The van der Waals surface area contributed by atoms with Gasteiger partial charge in [-0.2, -0.15) is 5.10 Å². The third kappa shape index (κ3) is 5.07. The van der Waals surface area contributed by atoms with Gasteiger partial charge in [0, 0.05) is 31.7 Å². The molecule has 1 N–H and O–H groups in total. The zero-order valence-electron chi connectivity index (χ0n) is 19.5. The maximum Gasteiger partial charge on any atom is 0.252 e. The van der Waals surface area contributed by atoms with Crippen molar-refractivity contribution in [3.05, 3.63) is 47.4 Å². The predicted octanol–water partition coefficient (Wildman–Crippen LogP) is 1.97. The van der Waals surface area contributed by atoms with Crippen molar-refractivity contribution in [3.8, 4) is 11.3 Å². The lowest BCUT2D eigenvalue weighted by Gasteiger charge is -2.26. The van der Waals surface area contributed by atoms with Gasteiger partial charge in [0.05, 0.1) is 53.1 Å². The molecule has 11 heteroatoms. The van der Waals surface area contributed by atoms with Gasteiger partial charge < -0.3 is 10.1 Å². The molecule has 2 fully saturated rings. The summed E-state index contributed by atoms with van der Waals surface area (Å²) in [5.74, 6) is -0.527. The number of aromatic nitrogens is 3. The predicted molar refractivity (Wildman–Crippen MR) is 130 cm³/mol. The van der Waals surface area contributed by atoms with E-state index in [2.05, 4.69) is 15.3 Å². The van der Waals surface area contributed by atoms with Crippen LogP contribution in [0.5, 0.6) is 0 Å². The topological polar surface area (TPSA) is 106 Å². The number of nitrogens with one attached hydrogen (secondary N) is 1. The van der Waals surface area contributed by atoms with Crippen LogP contribution >= 0.6 is 0 Å². The lowest BCUT2D eigenvalue weighted by molar-refractivity contribution is 0.0383. The van der Waals surface area contributed by atoms with Crippen LogP contribution in [0.15, 0.2) is 30.3 Å². The maximum absolute atomic E-state index is 13.5. The van der Waals surface area contributed by atoms with Gasteiger partial charge in [0.2, 0.25) is 0 Å². The maximum atomic E-state index is 13.5. The molecule has 35 heavy (non-hydrogen) atoms. The molecule has 2 aliphatic rings. The first-order chi connectivity index (χ1) is 16.8. The van der Waals surface area contributed by atoms with Gasteiger partial charge in [-0.15, -0.1) is 0 Å². The van der Waals surface area contributed by atoms with E-state index in [0.717, 1.165) is 13.1 Å². The molecule has 0 saturated carbocycles. The molecule has 0 spiro atoms. The van der Waals surface area contributed by atoms with Gasteiger partial charge in [0.1, 0.15) is 5.82 Å². The Morgan fingerprint density at radius 3 is 2.66 bits per heavy atom. The van der Waals surface area contributed by atoms with Gasteiger partial charge in [-0.3, -0.25) is 9.69 Å². The second-order valence-electron chi connectivity index (χ2n) is 9.06. The van der Waals surface area contributed by atoms with Crippen molar-refractivity contribution >= 4 is 26.8 Å². The van der Waals surface area contributed by atoms with E-state index in [1.54, 1.807) is 29.8 Å². The number of amides is 1. The Morgan fingerprint density at radius 2 is 1.97 bits per heavy atom. The fraction of sp³-hybridized carbons (Fsp3) is 0.458. The van der Waals surface area contributed by atoms with Gasteiger partial charge in [-0.25, -0.2) is 22.5 Å². The van der Waals surface area contributed by atoms with E-state index in [1.165, 1.54) is 12.1 Å². The van der Waals surface area contributed by atoms with Crippen LogP contribution in [0.25, 0.3) is 22.3 Å². The Bertz CT molecular complexity index is 1350. The number of ether oxygens (including phenoxy) is 1. The summed E-state index contributed by atoms with van der Waals surface area (Å²) in [6.45, 7) is 6.03. The summed E-state index contributed by atoms with van der Waals surface area (Å²) in [6.07, 6.45) is 0.447. The minimum Gasteiger partial charge on any atom is -0.379 e. The highest BCUT2D eigenvalue weighted by Crippen LogP contribution is 2.32. The van der Waals surface area contributed by atoms with E-state index in [0.29, 0.717) is 66.3 Å². The Hall–Kier alpha value is -2.89. The van der Waals surface area contributed by atoms with Crippen LogP contribution in [-0.2, 0) is 14.6 Å². The molecule has 4 heterocycles. The number of carbonyl (C=O) groups excluding carboxylic acids is 1. The Balaban J connectivity index is 1.52. The monoisotopic (exact) mass is 501 g/mol. The van der Waals surface area contributed by atoms with Crippen molar-refractivity contribution in [1.82, 2.24) is 25.0 Å². The van der Waals surface area contributed by atoms with Crippen LogP contribution in [0.3, 0.4) is 0 Å². The molecule has 1 unspecified atom stereocenters. The Morgan fingerprint density at radius 1 is 1.23 bits per heavy atom. The van der Waals surface area contributed by atoms with Crippen LogP contribution in [0, 0.1) is 12.7 Å². The molecule has 3 aromatic rings. The summed E-state index contributed by atoms with van der Waals surface area (Å²) in [7, 11) is -3.14. The molecular formula is C24H28FN5O4S. The average Bonchev–Trinajstić information content (AvgIpc) is 3.38. The lowest BCUT2D eigenvalue weighted by Crippen LogP contribution is -2.41. The van der Waals surface area contributed by atoms with Gasteiger partial charge in [-0.05, 0) is 43.7 Å². The molecule has 0 bridgehead atoms. The smallest absolute Gasteiger partial charge is 0.252 e. The standard InChI is InChI=1S/C24H28FN5O4S/c1-16-22-20(24(31)26-7-8-29-9-11-34-12-10-29)14-21(17-2-4-18(25)5-3-17)27-23(22)30(28-16)19-6-13-35(32,33)15-19/h2-5,14,19H,6-13,15H2,1H3,(H,26,31). The highest BCUT2D eigenvalue weighted by molar-refractivity contribution is 7.91. The first-order valence-electron chi connectivity index (χ1n) is 11.8. The number of rotatable bonds is 6. The molecule has 2 aliphatic heterocycles. The zero-order chi connectivity index (χ0) is 24.6. The first-order valence-corrected chi connectivity index (χ1v) is 13.6. The number of hydrogen-bond donors (Lipinski definition) is 1. The van der Waals surface area contributed by atoms with E-state index in [1.807, 2.05) is 0 Å². The van der Waals surface area contributed by atoms with E-state index < -0.39 is 9.84 Å². The van der Waals surface area contributed by atoms with Crippen molar-refractivity contribution in [2.24, 2.45) is 0 Å².